The summed E-state index contributed by atoms with van der Waals surface area (Å²) in [5, 5.41) is 4.59. The molecule has 3 rings (SSSR count). The normalized spacial score (nSPS) is 11.7. The topological polar surface area (TPSA) is 105 Å². The van der Waals surface area contributed by atoms with Gasteiger partial charge in [-0.15, -0.1) is 0 Å². The maximum atomic E-state index is 12.6. The van der Waals surface area contributed by atoms with Gasteiger partial charge in [0.25, 0.3) is 0 Å². The first-order valence-corrected chi connectivity index (χ1v) is 15.8. The average molecular weight is 616 g/mol. The van der Waals surface area contributed by atoms with Crippen molar-refractivity contribution in [1.29, 1.82) is 0 Å². The SMILES string of the molecule is CCOP(=O)(CCNC(=O)OCc1nc(C(C)C)c(Sc2cc(Cl)cc(Cl)c2)n1Cc1ccncc1)OCC. The number of halogens is 2. The van der Waals surface area contributed by atoms with Gasteiger partial charge in [-0.25, -0.2) is 9.78 Å². The Bertz CT molecular complexity index is 1260. The highest BCUT2D eigenvalue weighted by molar-refractivity contribution is 7.99. The first-order chi connectivity index (χ1) is 18.6. The highest BCUT2D eigenvalue weighted by Crippen LogP contribution is 2.47. The summed E-state index contributed by atoms with van der Waals surface area (Å²) in [5.41, 5.74) is 1.87. The van der Waals surface area contributed by atoms with Gasteiger partial charge in [0.05, 0.1) is 31.6 Å². The molecule has 0 saturated carbocycles. The van der Waals surface area contributed by atoms with E-state index in [2.05, 4.69) is 24.1 Å². The van der Waals surface area contributed by atoms with E-state index < -0.39 is 13.7 Å². The number of ether oxygens (including phenoxy) is 1. The summed E-state index contributed by atoms with van der Waals surface area (Å²) in [5.74, 6) is 0.676. The second kappa shape index (κ2) is 15.1. The van der Waals surface area contributed by atoms with Crippen LogP contribution in [0.15, 0.2) is 52.6 Å². The second-order valence-electron chi connectivity index (χ2n) is 8.69. The van der Waals surface area contributed by atoms with Gasteiger partial charge in [-0.05, 0) is 55.7 Å². The molecular weight excluding hydrogens is 582 g/mol. The van der Waals surface area contributed by atoms with Crippen LogP contribution in [0.5, 0.6) is 0 Å². The standard InChI is InChI=1S/C26H33Cl2N4O5PS/c1-5-36-38(34,37-6-2)12-11-30-26(33)35-17-23-31-24(18(3)4)25(32(23)16-19-7-9-29-10-8-19)39-22-14-20(27)13-21(28)15-22/h7-10,13-15,18H,5-6,11-12,16-17H2,1-4H3,(H,30,33). The van der Waals surface area contributed by atoms with E-state index in [4.69, 9.17) is 42.0 Å². The molecule has 0 aliphatic rings. The smallest absolute Gasteiger partial charge is 0.407 e. The number of carbonyl (C=O) groups excluding carboxylic acids is 1. The Labute approximate surface area is 243 Å². The molecule has 1 N–H and O–H groups in total. The Hall–Kier alpha value is -2.07. The van der Waals surface area contributed by atoms with Gasteiger partial charge < -0.3 is 23.7 Å². The quantitative estimate of drug-likeness (QED) is 0.187. The van der Waals surface area contributed by atoms with Gasteiger partial charge in [-0.3, -0.25) is 9.55 Å². The number of carbonyl (C=O) groups is 1. The van der Waals surface area contributed by atoms with E-state index in [9.17, 15) is 9.36 Å². The third-order valence-electron chi connectivity index (χ3n) is 5.35. The summed E-state index contributed by atoms with van der Waals surface area (Å²) in [6.07, 6.45) is 2.84. The third kappa shape index (κ3) is 9.52. The monoisotopic (exact) mass is 614 g/mol. The van der Waals surface area contributed by atoms with Crippen molar-refractivity contribution < 1.29 is 23.1 Å². The molecule has 2 aromatic heterocycles. The first-order valence-electron chi connectivity index (χ1n) is 12.5. The molecule has 9 nitrogen and oxygen atoms in total. The van der Waals surface area contributed by atoms with Gasteiger partial charge in [0, 0.05) is 33.9 Å². The number of hydrogen-bond donors (Lipinski definition) is 1. The Balaban J connectivity index is 1.82. The van der Waals surface area contributed by atoms with Crippen LogP contribution in [0.25, 0.3) is 0 Å². The summed E-state index contributed by atoms with van der Waals surface area (Å²) in [6.45, 7) is 8.59. The minimum atomic E-state index is -3.27. The fourth-order valence-corrected chi connectivity index (χ4v) is 7.09. The molecule has 0 radical (unpaired) electrons. The molecule has 0 aliphatic heterocycles. The third-order valence-corrected chi connectivity index (χ3v) is 8.96. The number of nitrogens with one attached hydrogen (secondary N) is 1. The van der Waals surface area contributed by atoms with Crippen LogP contribution >= 0.6 is 42.6 Å². The first kappa shape index (κ1) is 31.5. The molecular formula is C26H33Cl2N4O5PS. The number of rotatable bonds is 14. The van der Waals surface area contributed by atoms with Gasteiger partial charge in [0.15, 0.2) is 6.61 Å². The van der Waals surface area contributed by atoms with Gasteiger partial charge in [0.1, 0.15) is 10.9 Å². The number of benzene rings is 1. The van der Waals surface area contributed by atoms with Crippen molar-refractivity contribution in [2.45, 2.75) is 56.7 Å². The van der Waals surface area contributed by atoms with E-state index in [1.165, 1.54) is 11.8 Å². The lowest BCUT2D eigenvalue weighted by molar-refractivity contribution is 0.135. The van der Waals surface area contributed by atoms with Crippen LogP contribution in [-0.2, 0) is 31.5 Å². The Morgan fingerprint density at radius 3 is 2.33 bits per heavy atom. The van der Waals surface area contributed by atoms with Crippen LogP contribution in [0.2, 0.25) is 10.0 Å². The lowest BCUT2D eigenvalue weighted by Crippen LogP contribution is -2.28. The number of pyridine rings is 1. The maximum absolute atomic E-state index is 12.6. The Morgan fingerprint density at radius 1 is 1.10 bits per heavy atom. The molecule has 39 heavy (non-hydrogen) atoms. The van der Waals surface area contributed by atoms with Crippen LogP contribution in [-0.4, -0.2) is 46.5 Å². The molecule has 0 atom stereocenters. The highest BCUT2D eigenvalue weighted by Gasteiger charge is 2.24. The molecule has 0 fully saturated rings. The minimum Gasteiger partial charge on any atom is -0.441 e. The average Bonchev–Trinajstić information content (AvgIpc) is 3.20. The van der Waals surface area contributed by atoms with Gasteiger partial charge in [-0.2, -0.15) is 0 Å². The van der Waals surface area contributed by atoms with Crippen molar-refractivity contribution in [2.75, 3.05) is 25.9 Å². The van der Waals surface area contributed by atoms with E-state index in [1.54, 1.807) is 32.3 Å². The summed E-state index contributed by atoms with van der Waals surface area (Å²) in [4.78, 5) is 22.3. The zero-order valence-corrected chi connectivity index (χ0v) is 25.6. The van der Waals surface area contributed by atoms with Gasteiger partial charge in [0.2, 0.25) is 0 Å². The van der Waals surface area contributed by atoms with E-state index in [0.717, 1.165) is 21.2 Å². The van der Waals surface area contributed by atoms with E-state index in [0.29, 0.717) is 22.4 Å². The van der Waals surface area contributed by atoms with Crippen LogP contribution in [0.1, 0.15) is 50.7 Å². The predicted molar refractivity (Wildman–Crippen MR) is 154 cm³/mol. The summed E-state index contributed by atoms with van der Waals surface area (Å²) >= 11 is 14.0. The van der Waals surface area contributed by atoms with Crippen LogP contribution in [0.3, 0.4) is 0 Å². The van der Waals surface area contributed by atoms with Crippen LogP contribution < -0.4 is 5.32 Å². The molecule has 0 saturated heterocycles. The van der Waals surface area contributed by atoms with Crippen molar-refractivity contribution in [2.24, 2.45) is 0 Å². The molecule has 1 amide bonds. The molecule has 13 heteroatoms. The summed E-state index contributed by atoms with van der Waals surface area (Å²) < 4.78 is 30.7. The van der Waals surface area contributed by atoms with Gasteiger partial charge >= 0.3 is 13.7 Å². The van der Waals surface area contributed by atoms with Crippen LogP contribution in [0, 0.1) is 0 Å². The lowest BCUT2D eigenvalue weighted by atomic mass is 10.1. The predicted octanol–water partition coefficient (Wildman–Crippen LogP) is 7.40. The number of imidazole rings is 1. The molecule has 212 valence electrons. The maximum Gasteiger partial charge on any atom is 0.407 e. The molecule has 0 bridgehead atoms. The van der Waals surface area contributed by atoms with Crippen LogP contribution in [0.4, 0.5) is 4.79 Å². The molecule has 0 aliphatic carbocycles. The van der Waals surface area contributed by atoms with Gasteiger partial charge in [-0.1, -0.05) is 48.8 Å². The fourth-order valence-electron chi connectivity index (χ4n) is 3.67. The lowest BCUT2D eigenvalue weighted by Gasteiger charge is -2.17. The molecule has 2 heterocycles. The highest BCUT2D eigenvalue weighted by atomic mass is 35.5. The molecule has 1 aromatic carbocycles. The number of alkyl carbamates (subject to hydrolysis) is 1. The minimum absolute atomic E-state index is 0.0426. The second-order valence-corrected chi connectivity index (χ2v) is 12.8. The fraction of sp³-hybridized carbons (Fsp3) is 0.423. The van der Waals surface area contributed by atoms with Crippen molar-refractivity contribution in [3.63, 3.8) is 0 Å². The zero-order valence-electron chi connectivity index (χ0n) is 22.4. The van der Waals surface area contributed by atoms with Crippen molar-refractivity contribution in [1.82, 2.24) is 19.9 Å². The van der Waals surface area contributed by atoms with E-state index >= 15 is 0 Å². The summed E-state index contributed by atoms with van der Waals surface area (Å²) in [6, 6.07) is 9.22. The number of nitrogens with zero attached hydrogens (tertiary/aromatic N) is 3. The Kier molecular flexibility index (Phi) is 12.2. The van der Waals surface area contributed by atoms with Crippen molar-refractivity contribution in [3.8, 4) is 0 Å². The number of aromatic nitrogens is 3. The molecule has 0 unspecified atom stereocenters. The Morgan fingerprint density at radius 2 is 1.74 bits per heavy atom. The number of amides is 1. The van der Waals surface area contributed by atoms with Crippen molar-refractivity contribution in [3.05, 3.63) is 69.9 Å². The van der Waals surface area contributed by atoms with E-state index in [-0.39, 0.29) is 38.4 Å². The van der Waals surface area contributed by atoms with Crippen molar-refractivity contribution >= 4 is 48.7 Å². The zero-order chi connectivity index (χ0) is 28.4. The summed E-state index contributed by atoms with van der Waals surface area (Å²) in [7, 11) is -3.27. The van der Waals surface area contributed by atoms with E-state index in [1.807, 2.05) is 28.8 Å². The molecule has 0 spiro atoms. The molecule has 3 aromatic rings. The largest absolute Gasteiger partial charge is 0.441 e. The number of hydrogen-bond acceptors (Lipinski definition) is 8.